The summed E-state index contributed by atoms with van der Waals surface area (Å²) < 4.78 is 0. The van der Waals surface area contributed by atoms with Crippen LogP contribution in [0.4, 0.5) is 0 Å². The molecule has 3 heteroatoms. The van der Waals surface area contributed by atoms with E-state index in [2.05, 4.69) is 38.0 Å². The first kappa shape index (κ1) is 16.9. The summed E-state index contributed by atoms with van der Waals surface area (Å²) >= 11 is 0. The maximum absolute atomic E-state index is 9.44. The molecule has 0 heterocycles. The number of nitrogens with one attached hydrogen (secondary N) is 1. The van der Waals surface area contributed by atoms with Crippen molar-refractivity contribution >= 4 is 0 Å². The summed E-state index contributed by atoms with van der Waals surface area (Å²) in [6.07, 6.45) is 5.85. The minimum absolute atomic E-state index is 0.0956. The topological polar surface area (TPSA) is 35.5 Å². The molecule has 3 nitrogen and oxygen atoms in total. The SMILES string of the molecule is CCCCN(C)CCCC(C)(CO)NCCC. The summed E-state index contributed by atoms with van der Waals surface area (Å²) in [4.78, 5) is 2.39. The van der Waals surface area contributed by atoms with Gasteiger partial charge in [-0.3, -0.25) is 0 Å². The smallest absolute Gasteiger partial charge is 0.0610 e. The van der Waals surface area contributed by atoms with E-state index in [-0.39, 0.29) is 12.1 Å². The fourth-order valence-electron chi connectivity index (χ4n) is 1.93. The number of aliphatic hydroxyl groups excluding tert-OH is 1. The summed E-state index contributed by atoms with van der Waals surface area (Å²) in [5, 5.41) is 12.9. The van der Waals surface area contributed by atoms with Gasteiger partial charge in [-0.25, -0.2) is 0 Å². The lowest BCUT2D eigenvalue weighted by atomic mass is 9.96. The van der Waals surface area contributed by atoms with Gasteiger partial charge in [0.1, 0.15) is 0 Å². The maximum atomic E-state index is 9.44. The van der Waals surface area contributed by atoms with Crippen molar-refractivity contribution in [3.8, 4) is 0 Å². The molecule has 0 fully saturated rings. The van der Waals surface area contributed by atoms with Crippen molar-refractivity contribution in [2.45, 2.75) is 58.4 Å². The van der Waals surface area contributed by atoms with Crippen LogP contribution in [0.2, 0.25) is 0 Å². The Morgan fingerprint density at radius 1 is 1.12 bits per heavy atom. The number of hydrogen-bond acceptors (Lipinski definition) is 3. The zero-order valence-electron chi connectivity index (χ0n) is 12.3. The van der Waals surface area contributed by atoms with Gasteiger partial charge in [-0.1, -0.05) is 20.3 Å². The van der Waals surface area contributed by atoms with Gasteiger partial charge in [-0.15, -0.1) is 0 Å². The molecule has 104 valence electrons. The molecule has 0 amide bonds. The zero-order chi connectivity index (χ0) is 13.1. The van der Waals surface area contributed by atoms with E-state index in [1.54, 1.807) is 0 Å². The lowest BCUT2D eigenvalue weighted by Gasteiger charge is -2.29. The van der Waals surface area contributed by atoms with Crippen LogP contribution in [0, 0.1) is 0 Å². The van der Waals surface area contributed by atoms with Gasteiger partial charge in [0.15, 0.2) is 0 Å². The Kier molecular flexibility index (Phi) is 9.79. The minimum atomic E-state index is -0.0956. The van der Waals surface area contributed by atoms with Crippen LogP contribution in [-0.2, 0) is 0 Å². The summed E-state index contributed by atoms with van der Waals surface area (Å²) in [6.45, 7) is 10.0. The van der Waals surface area contributed by atoms with E-state index in [1.807, 2.05) is 0 Å². The molecule has 0 saturated heterocycles. The lowest BCUT2D eigenvalue weighted by Crippen LogP contribution is -2.46. The molecule has 1 atom stereocenters. The van der Waals surface area contributed by atoms with Gasteiger partial charge in [-0.2, -0.15) is 0 Å². The van der Waals surface area contributed by atoms with Crippen molar-refractivity contribution in [3.63, 3.8) is 0 Å². The molecule has 0 bridgehead atoms. The number of hydrogen-bond donors (Lipinski definition) is 2. The molecule has 0 aliphatic heterocycles. The Morgan fingerprint density at radius 2 is 1.76 bits per heavy atom. The highest BCUT2D eigenvalue weighted by atomic mass is 16.3. The molecule has 0 rings (SSSR count). The van der Waals surface area contributed by atoms with Crippen molar-refractivity contribution in [2.24, 2.45) is 0 Å². The van der Waals surface area contributed by atoms with E-state index in [0.717, 1.165) is 32.4 Å². The van der Waals surface area contributed by atoms with Crippen molar-refractivity contribution in [2.75, 3.05) is 33.3 Å². The van der Waals surface area contributed by atoms with Gasteiger partial charge >= 0.3 is 0 Å². The zero-order valence-corrected chi connectivity index (χ0v) is 12.3. The average Bonchev–Trinajstić information content (AvgIpc) is 2.34. The predicted octanol–water partition coefficient (Wildman–Crippen LogP) is 2.25. The molecule has 0 saturated carbocycles. The van der Waals surface area contributed by atoms with Gasteiger partial charge in [0.05, 0.1) is 6.61 Å². The summed E-state index contributed by atoms with van der Waals surface area (Å²) in [5.74, 6) is 0. The van der Waals surface area contributed by atoms with Gasteiger partial charge in [0.25, 0.3) is 0 Å². The van der Waals surface area contributed by atoms with Crippen LogP contribution >= 0.6 is 0 Å². The average molecular weight is 244 g/mol. The van der Waals surface area contributed by atoms with Crippen LogP contribution in [-0.4, -0.2) is 48.8 Å². The largest absolute Gasteiger partial charge is 0.394 e. The Morgan fingerprint density at radius 3 is 2.29 bits per heavy atom. The van der Waals surface area contributed by atoms with Crippen molar-refractivity contribution in [1.82, 2.24) is 10.2 Å². The number of rotatable bonds is 11. The fraction of sp³-hybridized carbons (Fsp3) is 1.00. The van der Waals surface area contributed by atoms with Gasteiger partial charge < -0.3 is 15.3 Å². The van der Waals surface area contributed by atoms with Gasteiger partial charge in [0.2, 0.25) is 0 Å². The van der Waals surface area contributed by atoms with E-state index >= 15 is 0 Å². The van der Waals surface area contributed by atoms with Crippen LogP contribution in [0.5, 0.6) is 0 Å². The van der Waals surface area contributed by atoms with E-state index < -0.39 is 0 Å². The Balaban J connectivity index is 3.74. The molecule has 0 radical (unpaired) electrons. The summed E-state index contributed by atoms with van der Waals surface area (Å²) in [6, 6.07) is 0. The molecule has 1 unspecified atom stereocenters. The predicted molar refractivity (Wildman–Crippen MR) is 75.4 cm³/mol. The normalized spacial score (nSPS) is 15.2. The summed E-state index contributed by atoms with van der Waals surface area (Å²) in [5.41, 5.74) is -0.0956. The first-order chi connectivity index (χ1) is 8.08. The molecular weight excluding hydrogens is 212 g/mol. The van der Waals surface area contributed by atoms with E-state index in [0.29, 0.717) is 0 Å². The van der Waals surface area contributed by atoms with Crippen LogP contribution in [0.1, 0.15) is 52.9 Å². The van der Waals surface area contributed by atoms with E-state index in [4.69, 9.17) is 0 Å². The monoisotopic (exact) mass is 244 g/mol. The Hall–Kier alpha value is -0.120. The third kappa shape index (κ3) is 8.58. The molecule has 17 heavy (non-hydrogen) atoms. The van der Waals surface area contributed by atoms with Crippen molar-refractivity contribution < 1.29 is 5.11 Å². The molecule has 2 N–H and O–H groups in total. The second kappa shape index (κ2) is 9.86. The minimum Gasteiger partial charge on any atom is -0.394 e. The van der Waals surface area contributed by atoms with Crippen molar-refractivity contribution in [1.29, 1.82) is 0 Å². The van der Waals surface area contributed by atoms with Crippen molar-refractivity contribution in [3.05, 3.63) is 0 Å². The molecule has 0 aliphatic rings. The third-order valence-electron chi connectivity index (χ3n) is 3.31. The summed E-state index contributed by atoms with van der Waals surface area (Å²) in [7, 11) is 2.19. The quantitative estimate of drug-likeness (QED) is 0.585. The van der Waals surface area contributed by atoms with E-state index in [9.17, 15) is 5.11 Å². The molecular formula is C14H32N2O. The second-order valence-corrected chi connectivity index (χ2v) is 5.41. The lowest BCUT2D eigenvalue weighted by molar-refractivity contribution is 0.159. The Labute approximate surface area is 108 Å². The van der Waals surface area contributed by atoms with Gasteiger partial charge in [-0.05, 0) is 59.3 Å². The van der Waals surface area contributed by atoms with Crippen LogP contribution in [0.15, 0.2) is 0 Å². The first-order valence-electron chi connectivity index (χ1n) is 7.12. The molecule has 0 spiro atoms. The molecule has 0 aromatic heterocycles. The van der Waals surface area contributed by atoms with Gasteiger partial charge in [0, 0.05) is 5.54 Å². The number of nitrogens with zero attached hydrogens (tertiary/aromatic N) is 1. The van der Waals surface area contributed by atoms with E-state index in [1.165, 1.54) is 19.4 Å². The molecule has 0 aromatic rings. The Bertz CT molecular complexity index is 176. The third-order valence-corrected chi connectivity index (χ3v) is 3.31. The highest BCUT2D eigenvalue weighted by molar-refractivity contribution is 4.82. The van der Waals surface area contributed by atoms with Crippen LogP contribution < -0.4 is 5.32 Å². The fourth-order valence-corrected chi connectivity index (χ4v) is 1.93. The molecule has 0 aliphatic carbocycles. The van der Waals surface area contributed by atoms with Crippen LogP contribution in [0.25, 0.3) is 0 Å². The maximum Gasteiger partial charge on any atom is 0.0610 e. The number of aliphatic hydroxyl groups is 1. The molecule has 0 aromatic carbocycles. The first-order valence-corrected chi connectivity index (χ1v) is 7.12. The standard InChI is InChI=1S/C14H32N2O/c1-5-7-11-16(4)12-8-9-14(3,13-17)15-10-6-2/h15,17H,5-13H2,1-4H3. The highest BCUT2D eigenvalue weighted by Gasteiger charge is 2.21. The second-order valence-electron chi connectivity index (χ2n) is 5.41. The highest BCUT2D eigenvalue weighted by Crippen LogP contribution is 2.12. The number of unbranched alkanes of at least 4 members (excludes halogenated alkanes) is 1. The van der Waals surface area contributed by atoms with Crippen LogP contribution in [0.3, 0.4) is 0 Å².